The Morgan fingerprint density at radius 3 is 2.45 bits per heavy atom. The van der Waals surface area contributed by atoms with E-state index >= 15 is 0 Å². The van der Waals surface area contributed by atoms with Gasteiger partial charge < -0.3 is 9.64 Å². The number of rotatable bonds is 7. The zero-order valence-corrected chi connectivity index (χ0v) is 18.0. The van der Waals surface area contributed by atoms with Crippen LogP contribution in [-0.4, -0.2) is 41.6 Å². The van der Waals surface area contributed by atoms with Crippen LogP contribution in [0.1, 0.15) is 43.5 Å². The number of piperidine rings is 1. The van der Waals surface area contributed by atoms with Crippen molar-refractivity contribution in [3.8, 4) is 0 Å². The summed E-state index contributed by atoms with van der Waals surface area (Å²) in [6, 6.07) is 11.6. The van der Waals surface area contributed by atoms with E-state index in [1.807, 2.05) is 18.2 Å². The van der Waals surface area contributed by atoms with Gasteiger partial charge >= 0.3 is 12.1 Å². The molecule has 0 spiro atoms. The molecule has 1 saturated heterocycles. The quantitative estimate of drug-likeness (QED) is 0.580. The number of benzene rings is 1. The van der Waals surface area contributed by atoms with Crippen LogP contribution in [0.2, 0.25) is 0 Å². The number of ether oxygens (including phenoxy) is 1. The molecule has 1 aliphatic rings. The highest BCUT2D eigenvalue weighted by Crippen LogP contribution is 2.41. The molecule has 1 aromatic carbocycles. The molecule has 1 aliphatic heterocycles. The molecule has 0 N–H and O–H groups in total. The predicted octanol–water partition coefficient (Wildman–Crippen LogP) is 4.92. The standard InChI is InChI=1S/C24H29F3N2O2/c1-3-31-22(30)23(17-19-8-4-5-10-21(19)24(25,26)27)11-14-29(15-12-23)18(2)16-20-9-6-7-13-28-20/h4-10,13,18H,3,11-12,14-17H2,1-2H3/t18-/m1/s1. The van der Waals surface area contributed by atoms with Crippen molar-refractivity contribution in [2.75, 3.05) is 19.7 Å². The van der Waals surface area contributed by atoms with Crippen molar-refractivity contribution in [2.24, 2.45) is 5.41 Å². The predicted molar refractivity (Wildman–Crippen MR) is 112 cm³/mol. The monoisotopic (exact) mass is 434 g/mol. The zero-order chi connectivity index (χ0) is 22.5. The van der Waals surface area contributed by atoms with Crippen LogP contribution in [0.4, 0.5) is 13.2 Å². The second-order valence-corrected chi connectivity index (χ2v) is 8.24. The van der Waals surface area contributed by atoms with Gasteiger partial charge in [0.1, 0.15) is 0 Å². The third-order valence-electron chi connectivity index (χ3n) is 6.17. The minimum Gasteiger partial charge on any atom is -0.466 e. The van der Waals surface area contributed by atoms with Crippen LogP contribution in [0, 0.1) is 5.41 Å². The van der Waals surface area contributed by atoms with Gasteiger partial charge in [0.2, 0.25) is 0 Å². The van der Waals surface area contributed by atoms with E-state index in [0.717, 1.165) is 18.2 Å². The first kappa shape index (κ1) is 23.3. The van der Waals surface area contributed by atoms with Crippen LogP contribution in [0.25, 0.3) is 0 Å². The lowest BCUT2D eigenvalue weighted by atomic mass is 9.72. The Morgan fingerprint density at radius 1 is 1.16 bits per heavy atom. The van der Waals surface area contributed by atoms with Gasteiger partial charge in [0.15, 0.2) is 0 Å². The number of nitrogens with zero attached hydrogens (tertiary/aromatic N) is 2. The second kappa shape index (κ2) is 9.81. The SMILES string of the molecule is CCOC(=O)C1(Cc2ccccc2C(F)(F)F)CCN([C@H](C)Cc2ccccn2)CC1. The van der Waals surface area contributed by atoms with Crippen LogP contribution in [-0.2, 0) is 28.5 Å². The molecule has 0 saturated carbocycles. The van der Waals surface area contributed by atoms with E-state index in [-0.39, 0.29) is 24.6 Å². The Morgan fingerprint density at radius 2 is 1.84 bits per heavy atom. The summed E-state index contributed by atoms with van der Waals surface area (Å²) in [6.45, 7) is 5.30. The zero-order valence-electron chi connectivity index (χ0n) is 18.0. The molecular formula is C24H29F3N2O2. The summed E-state index contributed by atoms with van der Waals surface area (Å²) in [5, 5.41) is 0. The molecule has 0 amide bonds. The summed E-state index contributed by atoms with van der Waals surface area (Å²) >= 11 is 0. The highest BCUT2D eigenvalue weighted by atomic mass is 19.4. The minimum atomic E-state index is -4.45. The molecule has 1 atom stereocenters. The van der Waals surface area contributed by atoms with Gasteiger partial charge in [-0.3, -0.25) is 9.78 Å². The fourth-order valence-corrected chi connectivity index (χ4v) is 4.40. The molecule has 1 aromatic heterocycles. The molecule has 0 radical (unpaired) electrons. The number of halogens is 3. The largest absolute Gasteiger partial charge is 0.466 e. The second-order valence-electron chi connectivity index (χ2n) is 8.24. The number of alkyl halides is 3. The Bertz CT molecular complexity index is 863. The van der Waals surface area contributed by atoms with Gasteiger partial charge in [-0.2, -0.15) is 13.2 Å². The van der Waals surface area contributed by atoms with E-state index in [1.165, 1.54) is 12.1 Å². The van der Waals surface area contributed by atoms with Gasteiger partial charge in [-0.1, -0.05) is 24.3 Å². The van der Waals surface area contributed by atoms with Crippen LogP contribution in [0.3, 0.4) is 0 Å². The van der Waals surface area contributed by atoms with Crippen molar-refractivity contribution in [3.63, 3.8) is 0 Å². The Kier molecular flexibility index (Phi) is 7.36. The average molecular weight is 435 g/mol. The van der Waals surface area contributed by atoms with Gasteiger partial charge in [0.25, 0.3) is 0 Å². The highest BCUT2D eigenvalue weighted by molar-refractivity contribution is 5.77. The molecule has 0 bridgehead atoms. The van der Waals surface area contributed by atoms with Crippen molar-refractivity contribution in [3.05, 3.63) is 65.5 Å². The lowest BCUT2D eigenvalue weighted by molar-refractivity contribution is -0.159. The first-order valence-electron chi connectivity index (χ1n) is 10.7. The van der Waals surface area contributed by atoms with Gasteiger partial charge in [-0.15, -0.1) is 0 Å². The van der Waals surface area contributed by atoms with E-state index < -0.39 is 23.1 Å². The van der Waals surface area contributed by atoms with E-state index in [4.69, 9.17) is 4.74 Å². The maximum Gasteiger partial charge on any atom is 0.416 e. The Labute approximate surface area is 181 Å². The fourth-order valence-electron chi connectivity index (χ4n) is 4.40. The fraction of sp³-hybridized carbons (Fsp3) is 0.500. The molecule has 7 heteroatoms. The molecule has 0 unspecified atom stereocenters. The smallest absolute Gasteiger partial charge is 0.416 e. The first-order valence-corrected chi connectivity index (χ1v) is 10.7. The number of pyridine rings is 1. The lowest BCUT2D eigenvalue weighted by Crippen LogP contribution is -2.49. The number of carbonyl (C=O) groups excluding carboxylic acids is 1. The summed E-state index contributed by atoms with van der Waals surface area (Å²) in [5.41, 5.74) is -0.475. The minimum absolute atomic E-state index is 0.0317. The van der Waals surface area contributed by atoms with Crippen molar-refractivity contribution in [2.45, 2.75) is 51.7 Å². The maximum absolute atomic E-state index is 13.5. The molecule has 2 heterocycles. The lowest BCUT2D eigenvalue weighted by Gasteiger charge is -2.42. The number of hydrogen-bond acceptors (Lipinski definition) is 4. The van der Waals surface area contributed by atoms with E-state index in [9.17, 15) is 18.0 Å². The van der Waals surface area contributed by atoms with Gasteiger partial charge in [-0.25, -0.2) is 0 Å². The van der Waals surface area contributed by atoms with Crippen LogP contribution < -0.4 is 0 Å². The number of likely N-dealkylation sites (tertiary alicyclic amines) is 1. The number of aromatic nitrogens is 1. The number of esters is 1. The molecule has 3 rings (SSSR count). The Hall–Kier alpha value is -2.41. The summed E-state index contributed by atoms with van der Waals surface area (Å²) in [7, 11) is 0. The topological polar surface area (TPSA) is 42.4 Å². The Balaban J connectivity index is 1.77. The molecular weight excluding hydrogens is 405 g/mol. The number of carbonyl (C=O) groups is 1. The highest BCUT2D eigenvalue weighted by Gasteiger charge is 2.45. The van der Waals surface area contributed by atoms with E-state index in [1.54, 1.807) is 19.2 Å². The van der Waals surface area contributed by atoms with Crippen LogP contribution >= 0.6 is 0 Å². The van der Waals surface area contributed by atoms with Crippen LogP contribution in [0.5, 0.6) is 0 Å². The van der Waals surface area contributed by atoms with Crippen molar-refractivity contribution in [1.82, 2.24) is 9.88 Å². The van der Waals surface area contributed by atoms with Gasteiger partial charge in [0.05, 0.1) is 17.6 Å². The van der Waals surface area contributed by atoms with E-state index in [2.05, 4.69) is 16.8 Å². The maximum atomic E-state index is 13.5. The third-order valence-corrected chi connectivity index (χ3v) is 6.17. The van der Waals surface area contributed by atoms with Crippen LogP contribution in [0.15, 0.2) is 48.7 Å². The van der Waals surface area contributed by atoms with Gasteiger partial charge in [-0.05, 0) is 70.0 Å². The normalized spacial score (nSPS) is 17.8. The van der Waals surface area contributed by atoms with E-state index in [0.29, 0.717) is 25.9 Å². The van der Waals surface area contributed by atoms with Crippen molar-refractivity contribution < 1.29 is 22.7 Å². The summed E-state index contributed by atoms with van der Waals surface area (Å²) in [4.78, 5) is 19.6. The first-order chi connectivity index (χ1) is 14.7. The molecule has 31 heavy (non-hydrogen) atoms. The molecule has 2 aromatic rings. The molecule has 4 nitrogen and oxygen atoms in total. The van der Waals surface area contributed by atoms with Crippen molar-refractivity contribution in [1.29, 1.82) is 0 Å². The average Bonchev–Trinajstić information content (AvgIpc) is 2.74. The summed E-state index contributed by atoms with van der Waals surface area (Å²) < 4.78 is 45.9. The summed E-state index contributed by atoms with van der Waals surface area (Å²) in [6.07, 6.45) is -0.949. The van der Waals surface area contributed by atoms with Gasteiger partial charge in [0, 0.05) is 24.4 Å². The molecule has 0 aliphatic carbocycles. The molecule has 168 valence electrons. The molecule has 1 fully saturated rings. The third kappa shape index (κ3) is 5.64. The van der Waals surface area contributed by atoms with Crippen molar-refractivity contribution >= 4 is 5.97 Å². The summed E-state index contributed by atoms with van der Waals surface area (Å²) in [5.74, 6) is -0.399. The number of hydrogen-bond donors (Lipinski definition) is 0.